The van der Waals surface area contributed by atoms with Crippen molar-refractivity contribution >= 4 is 17.3 Å². The van der Waals surface area contributed by atoms with Crippen LogP contribution in [0.3, 0.4) is 0 Å². The number of amides is 1. The van der Waals surface area contributed by atoms with Crippen LogP contribution in [0.5, 0.6) is 0 Å². The number of ether oxygens (including phenoxy) is 2. The molecule has 1 amide bonds. The topological polar surface area (TPSA) is 50.8 Å². The molecule has 0 bridgehead atoms. The van der Waals surface area contributed by atoms with Crippen LogP contribution in [-0.4, -0.2) is 44.9 Å². The van der Waals surface area contributed by atoms with Crippen LogP contribution in [0.4, 0.5) is 11.4 Å². The lowest BCUT2D eigenvalue weighted by Gasteiger charge is -2.35. The normalized spacial score (nSPS) is 24.8. The molecule has 3 aliphatic heterocycles. The highest BCUT2D eigenvalue weighted by Gasteiger charge is 2.44. The second kappa shape index (κ2) is 6.61. The number of nitrogens with zero attached hydrogens (tertiary/aromatic N) is 1. The SMILES string of the molecule is CC(C)N1CC2(CCOCC2)c2cc(NC(=O)[C@H]3CCOC3)ccc21. The molecule has 0 saturated carbocycles. The van der Waals surface area contributed by atoms with Crippen molar-refractivity contribution in [2.75, 3.05) is 43.2 Å². The molecule has 0 aliphatic carbocycles. The lowest BCUT2D eigenvalue weighted by Crippen LogP contribution is -2.40. The molecule has 1 aromatic carbocycles. The molecular weight excluding hydrogens is 316 g/mol. The number of benzene rings is 1. The number of hydrogen-bond donors (Lipinski definition) is 1. The number of carbonyl (C=O) groups is 1. The van der Waals surface area contributed by atoms with E-state index in [0.29, 0.717) is 19.3 Å². The molecule has 1 aromatic rings. The summed E-state index contributed by atoms with van der Waals surface area (Å²) in [5.41, 5.74) is 3.77. The van der Waals surface area contributed by atoms with Crippen LogP contribution in [0.2, 0.25) is 0 Å². The molecule has 2 fully saturated rings. The van der Waals surface area contributed by atoms with Gasteiger partial charge in [-0.15, -0.1) is 0 Å². The largest absolute Gasteiger partial charge is 0.381 e. The van der Waals surface area contributed by atoms with Crippen molar-refractivity contribution in [1.82, 2.24) is 0 Å². The second-order valence-corrected chi connectivity index (χ2v) is 7.90. The van der Waals surface area contributed by atoms with Gasteiger partial charge >= 0.3 is 0 Å². The minimum absolute atomic E-state index is 0.0162. The van der Waals surface area contributed by atoms with Crippen LogP contribution >= 0.6 is 0 Å². The summed E-state index contributed by atoms with van der Waals surface area (Å²) >= 11 is 0. The summed E-state index contributed by atoms with van der Waals surface area (Å²) in [4.78, 5) is 14.9. The standard InChI is InChI=1S/C20H28N2O3/c1-14(2)22-13-20(6-9-24-10-7-20)17-11-16(3-4-18(17)22)21-19(23)15-5-8-25-12-15/h3-4,11,14-15H,5-10,12-13H2,1-2H3,(H,21,23)/t15-/m0/s1. The quantitative estimate of drug-likeness (QED) is 0.916. The van der Waals surface area contributed by atoms with Gasteiger partial charge in [-0.2, -0.15) is 0 Å². The number of anilines is 2. The maximum atomic E-state index is 12.4. The van der Waals surface area contributed by atoms with Gasteiger partial charge in [-0.25, -0.2) is 0 Å². The zero-order valence-corrected chi connectivity index (χ0v) is 15.2. The van der Waals surface area contributed by atoms with Crippen molar-refractivity contribution in [3.05, 3.63) is 23.8 Å². The number of carbonyl (C=O) groups excluding carboxylic acids is 1. The Hall–Kier alpha value is -1.59. The number of nitrogens with one attached hydrogen (secondary N) is 1. The monoisotopic (exact) mass is 344 g/mol. The molecule has 0 radical (unpaired) electrons. The van der Waals surface area contributed by atoms with E-state index in [0.717, 1.165) is 44.7 Å². The van der Waals surface area contributed by atoms with Gasteiger partial charge in [0.2, 0.25) is 5.91 Å². The maximum absolute atomic E-state index is 12.4. The first-order chi connectivity index (χ1) is 12.1. The van der Waals surface area contributed by atoms with E-state index >= 15 is 0 Å². The Balaban J connectivity index is 1.62. The number of hydrogen-bond acceptors (Lipinski definition) is 4. The minimum Gasteiger partial charge on any atom is -0.381 e. The molecule has 3 heterocycles. The van der Waals surface area contributed by atoms with E-state index in [1.54, 1.807) is 0 Å². The van der Waals surface area contributed by atoms with Crippen LogP contribution in [0.15, 0.2) is 18.2 Å². The summed E-state index contributed by atoms with van der Waals surface area (Å²) in [6.07, 6.45) is 2.92. The predicted molar refractivity (Wildman–Crippen MR) is 98.2 cm³/mol. The molecule has 3 aliphatic rings. The van der Waals surface area contributed by atoms with Crippen LogP contribution in [0.25, 0.3) is 0 Å². The van der Waals surface area contributed by atoms with Crippen molar-refractivity contribution in [1.29, 1.82) is 0 Å². The fraction of sp³-hybridized carbons (Fsp3) is 0.650. The number of fused-ring (bicyclic) bond motifs is 2. The molecule has 1 N–H and O–H groups in total. The van der Waals surface area contributed by atoms with Crippen molar-refractivity contribution in [2.45, 2.75) is 44.6 Å². The van der Waals surface area contributed by atoms with Crippen molar-refractivity contribution in [2.24, 2.45) is 5.92 Å². The first kappa shape index (κ1) is 16.9. The predicted octanol–water partition coefficient (Wildman–Crippen LogP) is 2.94. The smallest absolute Gasteiger partial charge is 0.229 e. The van der Waals surface area contributed by atoms with E-state index in [9.17, 15) is 4.79 Å². The molecule has 1 atom stereocenters. The van der Waals surface area contributed by atoms with Gasteiger partial charge in [-0.05, 0) is 56.9 Å². The van der Waals surface area contributed by atoms with Gasteiger partial charge in [0.25, 0.3) is 0 Å². The van der Waals surface area contributed by atoms with Crippen LogP contribution < -0.4 is 10.2 Å². The summed E-state index contributed by atoms with van der Waals surface area (Å²) in [5, 5.41) is 3.11. The fourth-order valence-electron chi connectivity index (χ4n) is 4.42. The minimum atomic E-state index is -0.0162. The molecule has 136 valence electrons. The van der Waals surface area contributed by atoms with E-state index in [4.69, 9.17) is 9.47 Å². The highest BCUT2D eigenvalue weighted by Crippen LogP contribution is 2.48. The summed E-state index contributed by atoms with van der Waals surface area (Å²) in [5.74, 6) is 0.0645. The summed E-state index contributed by atoms with van der Waals surface area (Å²) in [7, 11) is 0. The summed E-state index contributed by atoms with van der Waals surface area (Å²) in [6, 6.07) is 6.90. The molecule has 0 aromatic heterocycles. The van der Waals surface area contributed by atoms with E-state index in [2.05, 4.69) is 36.2 Å². The maximum Gasteiger partial charge on any atom is 0.229 e. The Bertz CT molecular complexity index is 646. The molecule has 5 heteroatoms. The van der Waals surface area contributed by atoms with Gasteiger partial charge < -0.3 is 19.7 Å². The van der Waals surface area contributed by atoms with Crippen LogP contribution in [0, 0.1) is 5.92 Å². The zero-order valence-electron chi connectivity index (χ0n) is 15.2. The third kappa shape index (κ3) is 3.04. The first-order valence-electron chi connectivity index (χ1n) is 9.47. The van der Waals surface area contributed by atoms with Gasteiger partial charge in [0, 0.05) is 49.2 Å². The molecular formula is C20H28N2O3. The fourth-order valence-corrected chi connectivity index (χ4v) is 4.42. The Kier molecular flexibility index (Phi) is 4.46. The Morgan fingerprint density at radius 2 is 2.04 bits per heavy atom. The van der Waals surface area contributed by atoms with Gasteiger partial charge in [0.15, 0.2) is 0 Å². The van der Waals surface area contributed by atoms with E-state index in [-0.39, 0.29) is 17.2 Å². The summed E-state index contributed by atoms with van der Waals surface area (Å²) in [6.45, 7) is 8.42. The van der Waals surface area contributed by atoms with Crippen molar-refractivity contribution < 1.29 is 14.3 Å². The molecule has 25 heavy (non-hydrogen) atoms. The van der Waals surface area contributed by atoms with E-state index in [1.807, 2.05) is 6.07 Å². The van der Waals surface area contributed by atoms with Gasteiger partial charge in [-0.1, -0.05) is 0 Å². The van der Waals surface area contributed by atoms with Crippen LogP contribution in [0.1, 0.15) is 38.7 Å². The van der Waals surface area contributed by atoms with Gasteiger partial charge in [0.1, 0.15) is 0 Å². The Morgan fingerprint density at radius 1 is 1.24 bits per heavy atom. The van der Waals surface area contributed by atoms with Crippen molar-refractivity contribution in [3.8, 4) is 0 Å². The van der Waals surface area contributed by atoms with Gasteiger partial charge in [-0.3, -0.25) is 4.79 Å². The number of rotatable bonds is 3. The third-order valence-electron chi connectivity index (χ3n) is 5.99. The Morgan fingerprint density at radius 3 is 2.72 bits per heavy atom. The second-order valence-electron chi connectivity index (χ2n) is 7.90. The molecule has 5 nitrogen and oxygen atoms in total. The van der Waals surface area contributed by atoms with E-state index < -0.39 is 0 Å². The molecule has 2 saturated heterocycles. The lowest BCUT2D eigenvalue weighted by atomic mass is 9.75. The average molecular weight is 344 g/mol. The van der Waals surface area contributed by atoms with E-state index in [1.165, 1.54) is 11.3 Å². The van der Waals surface area contributed by atoms with Gasteiger partial charge in [0.05, 0.1) is 12.5 Å². The lowest BCUT2D eigenvalue weighted by molar-refractivity contribution is -0.119. The zero-order chi connectivity index (χ0) is 17.4. The molecule has 4 rings (SSSR count). The highest BCUT2D eigenvalue weighted by atomic mass is 16.5. The highest BCUT2D eigenvalue weighted by molar-refractivity contribution is 5.93. The van der Waals surface area contributed by atoms with Crippen molar-refractivity contribution in [3.63, 3.8) is 0 Å². The van der Waals surface area contributed by atoms with Crippen LogP contribution in [-0.2, 0) is 19.7 Å². The first-order valence-corrected chi connectivity index (χ1v) is 9.47. The Labute approximate surface area is 149 Å². The third-order valence-corrected chi connectivity index (χ3v) is 5.99. The average Bonchev–Trinajstić information content (AvgIpc) is 3.24. The molecule has 1 spiro atoms. The summed E-state index contributed by atoms with van der Waals surface area (Å²) < 4.78 is 11.0. The molecule has 0 unspecified atom stereocenters.